The lowest BCUT2D eigenvalue weighted by Crippen LogP contribution is -2.51. The highest BCUT2D eigenvalue weighted by Crippen LogP contribution is 2.46. The van der Waals surface area contributed by atoms with Crippen LogP contribution in [-0.4, -0.2) is 58.1 Å². The highest BCUT2D eigenvalue weighted by atomic mass is 35.5. The number of rotatable bonds is 7. The van der Waals surface area contributed by atoms with Crippen molar-refractivity contribution in [2.24, 2.45) is 11.8 Å². The topological polar surface area (TPSA) is 81.1 Å². The van der Waals surface area contributed by atoms with Gasteiger partial charge in [-0.15, -0.1) is 0 Å². The van der Waals surface area contributed by atoms with Crippen LogP contribution in [0, 0.1) is 11.8 Å². The van der Waals surface area contributed by atoms with Crippen molar-refractivity contribution in [2.45, 2.75) is 37.8 Å². The second kappa shape index (κ2) is 11.5. The highest BCUT2D eigenvalue weighted by molar-refractivity contribution is 6.39. The van der Waals surface area contributed by atoms with Gasteiger partial charge in [0.15, 0.2) is 0 Å². The molecule has 234 valence electrons. The van der Waals surface area contributed by atoms with Gasteiger partial charge >= 0.3 is 11.9 Å². The Hall–Kier alpha value is -3.68. The third-order valence-corrected chi connectivity index (χ3v) is 11.5. The number of carboxylic acid groups (broad SMARTS) is 2. The molecule has 2 aliphatic heterocycles. The number of hydrogen-bond donors (Lipinski definition) is 2. The van der Waals surface area contributed by atoms with Crippen LogP contribution in [0.5, 0.6) is 0 Å². The van der Waals surface area contributed by atoms with E-state index in [-0.39, 0.29) is 23.9 Å². The maximum Gasteiger partial charge on any atom is 0.309 e. The number of aliphatic carboxylic acids is 2. The molecule has 2 fully saturated rings. The maximum absolute atomic E-state index is 11.3. The number of halogens is 2. The van der Waals surface area contributed by atoms with Gasteiger partial charge in [0.2, 0.25) is 0 Å². The number of carboxylic acids is 2. The monoisotopic (exact) mass is 652 g/mol. The normalized spacial score (nSPS) is 21.4. The van der Waals surface area contributed by atoms with Crippen molar-refractivity contribution < 1.29 is 19.8 Å². The molecule has 4 aliphatic rings. The summed E-state index contributed by atoms with van der Waals surface area (Å²) in [5.74, 6) is -1.91. The summed E-state index contributed by atoms with van der Waals surface area (Å²) in [7, 11) is 0. The minimum atomic E-state index is -0.702. The first kappa shape index (κ1) is 29.7. The minimum Gasteiger partial charge on any atom is -0.481 e. The van der Waals surface area contributed by atoms with Gasteiger partial charge in [-0.1, -0.05) is 96.0 Å². The summed E-state index contributed by atoms with van der Waals surface area (Å²) in [4.78, 5) is 27.2. The van der Waals surface area contributed by atoms with Gasteiger partial charge in [0.05, 0.1) is 21.9 Å². The van der Waals surface area contributed by atoms with Gasteiger partial charge in [-0.3, -0.25) is 19.4 Å². The average molecular weight is 654 g/mol. The number of likely N-dealkylation sites (tertiary alicyclic amines) is 2. The maximum atomic E-state index is 11.3. The van der Waals surface area contributed by atoms with Crippen LogP contribution in [0.1, 0.15) is 47.2 Å². The van der Waals surface area contributed by atoms with E-state index in [1.54, 1.807) is 0 Å². The molecule has 8 rings (SSSR count). The Kier molecular flexibility index (Phi) is 7.45. The van der Waals surface area contributed by atoms with Gasteiger partial charge in [0, 0.05) is 60.5 Å². The Labute approximate surface area is 278 Å². The van der Waals surface area contributed by atoms with Gasteiger partial charge < -0.3 is 10.2 Å². The molecule has 46 heavy (non-hydrogen) atoms. The lowest BCUT2D eigenvalue weighted by Gasteiger charge is -2.41. The summed E-state index contributed by atoms with van der Waals surface area (Å²) < 4.78 is 0. The Morgan fingerprint density at radius 3 is 1.37 bits per heavy atom. The molecular weight excluding hydrogens is 619 g/mol. The molecule has 6 nitrogen and oxygen atoms in total. The summed E-state index contributed by atoms with van der Waals surface area (Å²) >= 11 is 14.3. The molecule has 2 aliphatic carbocycles. The third-order valence-electron chi connectivity index (χ3n) is 10.7. The number of aryl methyl sites for hydroxylation is 2. The number of carbonyl (C=O) groups is 2. The Balaban J connectivity index is 1.05. The number of nitrogens with zero attached hydrogens (tertiary/aromatic N) is 2. The fourth-order valence-corrected chi connectivity index (χ4v) is 8.73. The van der Waals surface area contributed by atoms with Gasteiger partial charge in [-0.2, -0.15) is 0 Å². The van der Waals surface area contributed by atoms with Crippen LogP contribution in [0.25, 0.3) is 33.4 Å². The van der Waals surface area contributed by atoms with Gasteiger partial charge in [0.25, 0.3) is 0 Å². The second-order valence-corrected chi connectivity index (χ2v) is 14.0. The zero-order valence-electron chi connectivity index (χ0n) is 25.3. The molecule has 0 bridgehead atoms. The van der Waals surface area contributed by atoms with Crippen molar-refractivity contribution in [3.05, 3.63) is 105 Å². The molecule has 0 unspecified atom stereocenters. The summed E-state index contributed by atoms with van der Waals surface area (Å²) in [6.07, 6.45) is 3.95. The van der Waals surface area contributed by atoms with Crippen molar-refractivity contribution in [1.82, 2.24) is 9.80 Å². The van der Waals surface area contributed by atoms with Crippen LogP contribution in [0.15, 0.2) is 72.8 Å². The predicted molar refractivity (Wildman–Crippen MR) is 180 cm³/mol. The molecule has 0 aromatic heterocycles. The molecule has 2 heterocycles. The van der Waals surface area contributed by atoms with Crippen molar-refractivity contribution in [3.63, 3.8) is 0 Å². The van der Waals surface area contributed by atoms with Gasteiger partial charge in [-0.05, 0) is 59.1 Å². The van der Waals surface area contributed by atoms with E-state index in [0.717, 1.165) is 59.1 Å². The smallest absolute Gasteiger partial charge is 0.309 e. The SMILES string of the molecule is O=C(O)C1CN([C@@H]2CCc3cc(-c4cccc(-c5cccc(-c6ccc7c(c6)CC[C@@H]7N6CC(C(=O)O)C6)c5Cl)c4Cl)ccc32)C1. The summed E-state index contributed by atoms with van der Waals surface area (Å²) in [5, 5.41) is 19.9. The van der Waals surface area contributed by atoms with Crippen molar-refractivity contribution in [3.8, 4) is 33.4 Å². The minimum absolute atomic E-state index is 0.254. The van der Waals surface area contributed by atoms with E-state index in [1.807, 2.05) is 24.3 Å². The number of benzene rings is 4. The largest absolute Gasteiger partial charge is 0.481 e. The molecule has 2 N–H and O–H groups in total. The van der Waals surface area contributed by atoms with Gasteiger partial charge in [0.1, 0.15) is 0 Å². The molecule has 8 heteroatoms. The quantitative estimate of drug-likeness (QED) is 0.211. The van der Waals surface area contributed by atoms with Crippen molar-refractivity contribution in [2.75, 3.05) is 26.2 Å². The summed E-state index contributed by atoms with van der Waals surface area (Å²) in [6.45, 7) is 2.48. The number of hydrogen-bond acceptors (Lipinski definition) is 4. The van der Waals surface area contributed by atoms with Crippen molar-refractivity contribution >= 4 is 35.1 Å². The molecule has 2 atom stereocenters. The lowest BCUT2D eigenvalue weighted by atomic mass is 9.92. The molecule has 0 spiro atoms. The zero-order valence-corrected chi connectivity index (χ0v) is 26.8. The average Bonchev–Trinajstić information content (AvgIpc) is 3.60. The van der Waals surface area contributed by atoms with E-state index in [4.69, 9.17) is 23.2 Å². The fourth-order valence-electron chi connectivity index (χ4n) is 8.06. The third kappa shape index (κ3) is 4.94. The van der Waals surface area contributed by atoms with Crippen LogP contribution in [0.3, 0.4) is 0 Å². The standard InChI is InChI=1S/C38H34Cl2N2O4/c39-35-29(23-7-11-27-21(15-23)9-13-33(27)41-17-25(18-41)37(43)44)3-1-5-31(35)32-6-2-4-30(36(32)40)24-8-12-28-22(16-24)10-14-34(28)42-19-26(20-42)38(45)46/h1-8,11-12,15-16,25-26,33-34H,9-10,13-14,17-20H2,(H,43,44)(H,45,46)/t33-,34+. The summed E-state index contributed by atoms with van der Waals surface area (Å²) in [6, 6.07) is 25.9. The molecular formula is C38H34Cl2N2O4. The van der Waals surface area contributed by atoms with Crippen LogP contribution in [0.4, 0.5) is 0 Å². The first-order chi connectivity index (χ1) is 22.3. The van der Waals surface area contributed by atoms with Crippen molar-refractivity contribution in [1.29, 1.82) is 0 Å². The van der Waals surface area contributed by atoms with Crippen LogP contribution < -0.4 is 0 Å². The Morgan fingerprint density at radius 2 is 0.978 bits per heavy atom. The zero-order chi connectivity index (χ0) is 31.7. The molecule has 4 aromatic carbocycles. The van der Waals surface area contributed by atoms with E-state index in [1.165, 1.54) is 22.3 Å². The van der Waals surface area contributed by atoms with E-state index < -0.39 is 11.9 Å². The van der Waals surface area contributed by atoms with Gasteiger partial charge in [-0.25, -0.2) is 0 Å². The fraction of sp³-hybridized carbons (Fsp3) is 0.316. The Morgan fingerprint density at radius 1 is 0.587 bits per heavy atom. The van der Waals surface area contributed by atoms with E-state index in [2.05, 4.69) is 58.3 Å². The molecule has 2 saturated heterocycles. The molecule has 0 radical (unpaired) electrons. The first-order valence-corrected chi connectivity index (χ1v) is 16.8. The Bertz CT molecular complexity index is 1760. The molecule has 0 saturated carbocycles. The second-order valence-electron chi connectivity index (χ2n) is 13.2. The number of fused-ring (bicyclic) bond motifs is 2. The predicted octanol–water partition coefficient (Wildman–Crippen LogP) is 8.00. The molecule has 4 aromatic rings. The van der Waals surface area contributed by atoms with E-state index in [9.17, 15) is 19.8 Å². The van der Waals surface area contributed by atoms with Crippen LogP contribution in [0.2, 0.25) is 10.0 Å². The lowest BCUT2D eigenvalue weighted by molar-refractivity contribution is -0.149. The van der Waals surface area contributed by atoms with Crippen LogP contribution in [-0.2, 0) is 22.4 Å². The van der Waals surface area contributed by atoms with E-state index in [0.29, 0.717) is 36.2 Å². The summed E-state index contributed by atoms with van der Waals surface area (Å²) in [5.41, 5.74) is 11.0. The highest BCUT2D eigenvalue weighted by Gasteiger charge is 2.40. The van der Waals surface area contributed by atoms with E-state index >= 15 is 0 Å². The first-order valence-electron chi connectivity index (χ1n) is 16.0. The molecule has 0 amide bonds. The van der Waals surface area contributed by atoms with Crippen LogP contribution >= 0.6 is 23.2 Å².